The summed E-state index contributed by atoms with van der Waals surface area (Å²) < 4.78 is 6.09. The predicted octanol–water partition coefficient (Wildman–Crippen LogP) is 6.82. The van der Waals surface area contributed by atoms with Gasteiger partial charge < -0.3 is 14.7 Å². The van der Waals surface area contributed by atoms with Crippen LogP contribution in [0.3, 0.4) is 0 Å². The van der Waals surface area contributed by atoms with E-state index in [0.29, 0.717) is 31.0 Å². The first kappa shape index (κ1) is 28.6. The monoisotopic (exact) mass is 504 g/mol. The normalized spacial score (nSPS) is 15.1. The summed E-state index contributed by atoms with van der Waals surface area (Å²) in [7, 11) is 0. The van der Waals surface area contributed by atoms with Crippen molar-refractivity contribution in [2.75, 3.05) is 19.7 Å². The Morgan fingerprint density at radius 1 is 0.946 bits per heavy atom. The number of rotatable bonds is 7. The fraction of sp³-hybridized carbons (Fsp3) is 0.500. The number of nitrogens with one attached hydrogen (secondary N) is 1. The van der Waals surface area contributed by atoms with E-state index in [2.05, 4.69) is 12.1 Å². The summed E-state index contributed by atoms with van der Waals surface area (Å²) in [6.07, 6.45) is 0.634. The molecular weight excluding hydrogens is 460 g/mol. The summed E-state index contributed by atoms with van der Waals surface area (Å²) in [4.78, 5) is 15.5. The van der Waals surface area contributed by atoms with Crippen LogP contribution in [0.15, 0.2) is 53.6 Å². The van der Waals surface area contributed by atoms with Crippen LogP contribution in [0.5, 0.6) is 5.75 Å². The molecule has 0 unspecified atom stereocenters. The second-order valence-electron chi connectivity index (χ2n) is 13.2. The van der Waals surface area contributed by atoms with Gasteiger partial charge in [-0.1, -0.05) is 71.9 Å². The van der Waals surface area contributed by atoms with Gasteiger partial charge >= 0.3 is 0 Å². The molecule has 0 saturated heterocycles. The van der Waals surface area contributed by atoms with Gasteiger partial charge in [0.25, 0.3) is 0 Å². The topological polar surface area (TPSA) is 73.6 Å². The van der Waals surface area contributed by atoms with Crippen molar-refractivity contribution < 1.29 is 14.6 Å². The number of hydrogen-bond donors (Lipinski definition) is 2. The summed E-state index contributed by atoms with van der Waals surface area (Å²) in [6, 6.07) is 13.8. The van der Waals surface area contributed by atoms with Crippen molar-refractivity contribution >= 4 is 11.6 Å². The molecule has 2 aromatic rings. The lowest BCUT2D eigenvalue weighted by Gasteiger charge is -2.28. The van der Waals surface area contributed by atoms with Crippen LogP contribution in [0, 0.1) is 5.41 Å². The highest BCUT2D eigenvalue weighted by Crippen LogP contribution is 2.40. The Morgan fingerprint density at radius 2 is 1.49 bits per heavy atom. The number of carbonyl (C=O) groups excluding carboxylic acids is 1. The number of phenols is 1. The minimum absolute atomic E-state index is 0.0576. The molecule has 0 aromatic heterocycles. The Bertz CT molecular complexity index is 1150. The maximum Gasteiger partial charge on any atom is 0.182 e. The van der Waals surface area contributed by atoms with Gasteiger partial charge in [0.2, 0.25) is 0 Å². The SMILES string of the molecule is CC(C)(C)OCC1=C(Cc2ccccc2)C(=N)N(CC(=O)c2cc(C(C)(C)C)c(O)c(C(C)(C)C)c2)C1. The predicted molar refractivity (Wildman–Crippen MR) is 152 cm³/mol. The molecule has 0 spiro atoms. The third-order valence-electron chi connectivity index (χ3n) is 6.70. The van der Waals surface area contributed by atoms with Gasteiger partial charge in [-0.25, -0.2) is 0 Å². The van der Waals surface area contributed by atoms with Crippen LogP contribution in [0.2, 0.25) is 0 Å². The van der Waals surface area contributed by atoms with E-state index in [4.69, 9.17) is 10.1 Å². The molecule has 5 nitrogen and oxygen atoms in total. The van der Waals surface area contributed by atoms with Crippen LogP contribution >= 0.6 is 0 Å². The molecule has 1 heterocycles. The molecule has 0 aliphatic carbocycles. The van der Waals surface area contributed by atoms with E-state index in [-0.39, 0.29) is 34.5 Å². The molecule has 3 rings (SSSR count). The quantitative estimate of drug-likeness (QED) is 0.406. The van der Waals surface area contributed by atoms with Crippen molar-refractivity contribution in [2.45, 2.75) is 85.2 Å². The Morgan fingerprint density at radius 3 is 1.97 bits per heavy atom. The number of carbonyl (C=O) groups is 1. The van der Waals surface area contributed by atoms with E-state index in [1.54, 1.807) is 0 Å². The van der Waals surface area contributed by atoms with Gasteiger partial charge in [-0.3, -0.25) is 10.2 Å². The average Bonchev–Trinajstić information content (AvgIpc) is 3.05. The number of ketones is 1. The van der Waals surface area contributed by atoms with E-state index >= 15 is 0 Å². The molecule has 0 fully saturated rings. The van der Waals surface area contributed by atoms with Crippen molar-refractivity contribution in [1.29, 1.82) is 5.41 Å². The molecule has 1 aliphatic rings. The van der Waals surface area contributed by atoms with E-state index in [0.717, 1.165) is 27.8 Å². The van der Waals surface area contributed by atoms with Gasteiger partial charge in [0.05, 0.1) is 18.8 Å². The Labute approximate surface area is 223 Å². The third kappa shape index (κ3) is 7.10. The van der Waals surface area contributed by atoms with E-state index in [1.165, 1.54) is 0 Å². The van der Waals surface area contributed by atoms with Crippen LogP contribution in [0.25, 0.3) is 0 Å². The summed E-state index contributed by atoms with van der Waals surface area (Å²) in [6.45, 7) is 19.4. The number of aromatic hydroxyl groups is 1. The van der Waals surface area contributed by atoms with Crippen LogP contribution in [0.4, 0.5) is 0 Å². The first-order chi connectivity index (χ1) is 17.0. The largest absolute Gasteiger partial charge is 0.507 e. The highest BCUT2D eigenvalue weighted by atomic mass is 16.5. The molecule has 1 aliphatic heterocycles. The Balaban J connectivity index is 1.91. The van der Waals surface area contributed by atoms with Crippen molar-refractivity contribution in [2.24, 2.45) is 0 Å². The zero-order chi connectivity index (χ0) is 27.8. The second kappa shape index (κ2) is 10.4. The lowest BCUT2D eigenvalue weighted by atomic mass is 9.78. The van der Waals surface area contributed by atoms with Crippen LogP contribution < -0.4 is 0 Å². The van der Waals surface area contributed by atoms with Crippen molar-refractivity contribution in [3.8, 4) is 5.75 Å². The molecule has 2 N–H and O–H groups in total. The Hall–Kier alpha value is -2.92. The number of phenolic OH excluding ortho intramolecular Hbond substituents is 1. The maximum atomic E-state index is 13.6. The molecule has 0 amide bonds. The summed E-state index contributed by atoms with van der Waals surface area (Å²) in [5, 5.41) is 20.0. The lowest BCUT2D eigenvalue weighted by molar-refractivity contribution is 0.00996. The molecular formula is C32H44N2O3. The van der Waals surface area contributed by atoms with Gasteiger partial charge in [0.15, 0.2) is 5.78 Å². The molecule has 37 heavy (non-hydrogen) atoms. The number of Topliss-reactive ketones (excluding diaryl/α,β-unsaturated/α-hetero) is 1. The van der Waals surface area contributed by atoms with Gasteiger partial charge in [0.1, 0.15) is 11.6 Å². The molecule has 200 valence electrons. The van der Waals surface area contributed by atoms with Crippen LogP contribution in [0.1, 0.15) is 89.4 Å². The fourth-order valence-corrected chi connectivity index (χ4v) is 4.55. The molecule has 0 radical (unpaired) electrons. The molecule has 0 atom stereocenters. The minimum Gasteiger partial charge on any atom is -0.507 e. The maximum absolute atomic E-state index is 13.6. The van der Waals surface area contributed by atoms with Crippen molar-refractivity contribution in [1.82, 2.24) is 4.90 Å². The fourth-order valence-electron chi connectivity index (χ4n) is 4.55. The molecule has 0 bridgehead atoms. The van der Waals surface area contributed by atoms with Gasteiger partial charge in [-0.2, -0.15) is 0 Å². The van der Waals surface area contributed by atoms with E-state index < -0.39 is 0 Å². The number of benzene rings is 2. The first-order valence-electron chi connectivity index (χ1n) is 13.1. The number of nitrogens with zero attached hydrogens (tertiary/aromatic N) is 1. The molecule has 5 heteroatoms. The highest BCUT2D eigenvalue weighted by molar-refractivity contribution is 6.05. The summed E-state index contributed by atoms with van der Waals surface area (Å²) in [5.41, 5.74) is 4.29. The van der Waals surface area contributed by atoms with Gasteiger partial charge in [0, 0.05) is 35.2 Å². The molecule has 0 saturated carbocycles. The first-order valence-corrected chi connectivity index (χ1v) is 13.1. The zero-order valence-electron chi connectivity index (χ0n) is 24.1. The summed E-state index contributed by atoms with van der Waals surface area (Å²) in [5.74, 6) is 0.590. The third-order valence-corrected chi connectivity index (χ3v) is 6.70. The highest BCUT2D eigenvalue weighted by Gasteiger charge is 2.32. The molecule has 2 aromatic carbocycles. The lowest BCUT2D eigenvalue weighted by Crippen LogP contribution is -2.33. The van der Waals surface area contributed by atoms with Crippen molar-refractivity contribution in [3.63, 3.8) is 0 Å². The standard InChI is InChI=1S/C32H44N2O3/c1-30(2,3)25-16-22(17-26(28(25)36)31(4,5)6)27(35)19-34-18-23(20-37-32(7,8)9)24(29(34)33)15-21-13-11-10-12-14-21/h10-14,16-17,33,36H,15,18-20H2,1-9H3. The average molecular weight is 505 g/mol. The smallest absolute Gasteiger partial charge is 0.182 e. The number of ether oxygens (including phenoxy) is 1. The van der Waals surface area contributed by atoms with E-state index in [9.17, 15) is 9.90 Å². The minimum atomic E-state index is -0.317. The zero-order valence-corrected chi connectivity index (χ0v) is 24.1. The Kier molecular flexibility index (Phi) is 8.09. The van der Waals surface area contributed by atoms with Crippen LogP contribution in [-0.2, 0) is 22.0 Å². The van der Waals surface area contributed by atoms with Crippen molar-refractivity contribution in [3.05, 3.63) is 75.9 Å². The van der Waals surface area contributed by atoms with Gasteiger partial charge in [-0.05, 0) is 54.9 Å². The van der Waals surface area contributed by atoms with Crippen LogP contribution in [-0.4, -0.2) is 46.9 Å². The number of hydrogen-bond acceptors (Lipinski definition) is 4. The summed E-state index contributed by atoms with van der Waals surface area (Å²) >= 11 is 0. The second-order valence-corrected chi connectivity index (χ2v) is 13.2. The van der Waals surface area contributed by atoms with Gasteiger partial charge in [-0.15, -0.1) is 0 Å². The number of amidine groups is 1. The van der Waals surface area contributed by atoms with E-state index in [1.807, 2.05) is 97.5 Å².